The number of ketones is 1. The number of methoxy groups -OCH3 is 4. The van der Waals surface area contributed by atoms with Crippen molar-refractivity contribution in [1.29, 1.82) is 0 Å². The van der Waals surface area contributed by atoms with Crippen molar-refractivity contribution in [3.8, 4) is 23.0 Å². The van der Waals surface area contributed by atoms with Crippen LogP contribution in [0.3, 0.4) is 0 Å². The number of nitrogens with one attached hydrogen (secondary N) is 1. The van der Waals surface area contributed by atoms with Crippen LogP contribution in [0.15, 0.2) is 60.8 Å². The number of ether oxygens (including phenoxy) is 4. The van der Waals surface area contributed by atoms with Crippen molar-refractivity contribution in [1.82, 2.24) is 0 Å². The third-order valence-corrected chi connectivity index (χ3v) is 5.55. The van der Waals surface area contributed by atoms with Gasteiger partial charge < -0.3 is 24.3 Å². The molecular formula is C27H25ClN2O7. The van der Waals surface area contributed by atoms with Gasteiger partial charge in [-0.05, 0) is 41.5 Å². The number of carbonyl (C=O) groups is 1. The molecule has 0 radical (unpaired) electrons. The SMILES string of the molecule is COc1cc(C=Cc2cc(Cl)c(OC)c(NC=CC(=O)c3ccccc3[N+](=O)[O-])c2)cc(OC)c1OC. The maximum absolute atomic E-state index is 12.5. The Morgan fingerprint density at radius 1 is 0.892 bits per heavy atom. The summed E-state index contributed by atoms with van der Waals surface area (Å²) in [7, 11) is 6.09. The van der Waals surface area contributed by atoms with Crippen LogP contribution in [0, 0.1) is 10.1 Å². The molecule has 10 heteroatoms. The zero-order valence-corrected chi connectivity index (χ0v) is 21.4. The van der Waals surface area contributed by atoms with Crippen molar-refractivity contribution in [3.63, 3.8) is 0 Å². The van der Waals surface area contributed by atoms with Gasteiger partial charge in [0.05, 0.1) is 49.6 Å². The summed E-state index contributed by atoms with van der Waals surface area (Å²) < 4.78 is 21.5. The van der Waals surface area contributed by atoms with Gasteiger partial charge in [0.15, 0.2) is 23.0 Å². The van der Waals surface area contributed by atoms with Gasteiger partial charge >= 0.3 is 0 Å². The standard InChI is InChI=1S/C27H25ClN2O7/c1-34-24-15-18(16-25(35-2)27(24)37-4)10-9-17-13-20(28)26(36-3)21(14-17)29-12-11-23(31)19-7-5-6-8-22(19)30(32)33/h5-16,29H,1-4H3. The van der Waals surface area contributed by atoms with Gasteiger partial charge in [0, 0.05) is 18.3 Å². The Hall–Kier alpha value is -4.50. The normalized spacial score (nSPS) is 10.9. The minimum atomic E-state index is -0.596. The van der Waals surface area contributed by atoms with Crippen LogP contribution in [-0.2, 0) is 0 Å². The first-order valence-electron chi connectivity index (χ1n) is 10.9. The molecule has 0 spiro atoms. The molecule has 9 nitrogen and oxygen atoms in total. The number of nitro groups is 1. The van der Waals surface area contributed by atoms with Gasteiger partial charge in [-0.2, -0.15) is 0 Å². The van der Waals surface area contributed by atoms with E-state index in [1.807, 2.05) is 12.2 Å². The highest BCUT2D eigenvalue weighted by Gasteiger charge is 2.17. The van der Waals surface area contributed by atoms with Crippen LogP contribution in [0.2, 0.25) is 5.02 Å². The van der Waals surface area contributed by atoms with Gasteiger partial charge in [0.25, 0.3) is 5.69 Å². The first-order valence-corrected chi connectivity index (χ1v) is 11.3. The van der Waals surface area contributed by atoms with Crippen molar-refractivity contribution in [3.05, 3.63) is 92.6 Å². The van der Waals surface area contributed by atoms with Gasteiger partial charge in [0.1, 0.15) is 0 Å². The molecule has 0 unspecified atom stereocenters. The number of nitrogens with zero attached hydrogens (tertiary/aromatic N) is 1. The number of halogens is 1. The summed E-state index contributed by atoms with van der Waals surface area (Å²) in [6, 6.07) is 12.9. The van der Waals surface area contributed by atoms with E-state index in [1.165, 1.54) is 44.7 Å². The van der Waals surface area contributed by atoms with Gasteiger partial charge in [-0.1, -0.05) is 35.9 Å². The lowest BCUT2D eigenvalue weighted by Crippen LogP contribution is -2.02. The molecule has 0 amide bonds. The molecule has 0 aliphatic rings. The van der Waals surface area contributed by atoms with E-state index in [4.69, 9.17) is 30.5 Å². The molecule has 0 aliphatic heterocycles. The third-order valence-electron chi connectivity index (χ3n) is 5.27. The van der Waals surface area contributed by atoms with Gasteiger partial charge in [-0.25, -0.2) is 0 Å². The van der Waals surface area contributed by atoms with Crippen LogP contribution < -0.4 is 24.3 Å². The smallest absolute Gasteiger partial charge is 0.280 e. The Kier molecular flexibility index (Phi) is 9.12. The van der Waals surface area contributed by atoms with E-state index >= 15 is 0 Å². The van der Waals surface area contributed by atoms with Crippen LogP contribution in [0.25, 0.3) is 12.2 Å². The average Bonchev–Trinajstić information content (AvgIpc) is 2.90. The molecule has 3 rings (SSSR count). The second-order valence-electron chi connectivity index (χ2n) is 7.49. The predicted octanol–water partition coefficient (Wildman–Crippen LogP) is 6.26. The summed E-state index contributed by atoms with van der Waals surface area (Å²) in [5.41, 5.74) is 1.74. The zero-order chi connectivity index (χ0) is 26.9. The molecule has 0 saturated carbocycles. The van der Waals surface area contributed by atoms with Crippen molar-refractivity contribution in [2.45, 2.75) is 0 Å². The first-order chi connectivity index (χ1) is 17.8. The number of carbonyl (C=O) groups excluding carboxylic acids is 1. The Balaban J connectivity index is 1.87. The second kappa shape index (κ2) is 12.5. The number of anilines is 1. The summed E-state index contributed by atoms with van der Waals surface area (Å²) in [5.74, 6) is 1.37. The Labute approximate surface area is 219 Å². The molecule has 0 saturated heterocycles. The molecule has 192 valence electrons. The fraction of sp³-hybridized carbons (Fsp3) is 0.148. The number of hydrogen-bond donors (Lipinski definition) is 1. The third kappa shape index (κ3) is 6.39. The monoisotopic (exact) mass is 524 g/mol. The number of nitro benzene ring substituents is 1. The number of hydrogen-bond acceptors (Lipinski definition) is 8. The van der Waals surface area contributed by atoms with E-state index in [2.05, 4.69) is 5.32 Å². The highest BCUT2D eigenvalue weighted by Crippen LogP contribution is 2.39. The van der Waals surface area contributed by atoms with E-state index in [-0.39, 0.29) is 11.3 Å². The predicted molar refractivity (Wildman–Crippen MR) is 143 cm³/mol. The molecule has 0 aromatic heterocycles. The number of allylic oxidation sites excluding steroid dienone is 1. The van der Waals surface area contributed by atoms with Crippen LogP contribution >= 0.6 is 11.6 Å². The fourth-order valence-corrected chi connectivity index (χ4v) is 3.86. The largest absolute Gasteiger partial charge is 0.493 e. The van der Waals surface area contributed by atoms with E-state index in [1.54, 1.807) is 44.6 Å². The molecule has 0 fully saturated rings. The van der Waals surface area contributed by atoms with Crippen molar-refractivity contribution < 1.29 is 28.7 Å². The topological polar surface area (TPSA) is 109 Å². The van der Waals surface area contributed by atoms with Crippen LogP contribution in [0.5, 0.6) is 23.0 Å². The lowest BCUT2D eigenvalue weighted by molar-refractivity contribution is -0.385. The summed E-state index contributed by atoms with van der Waals surface area (Å²) in [5, 5.41) is 14.5. The highest BCUT2D eigenvalue weighted by atomic mass is 35.5. The maximum Gasteiger partial charge on any atom is 0.280 e. The van der Waals surface area contributed by atoms with Gasteiger partial charge in [-0.15, -0.1) is 0 Å². The van der Waals surface area contributed by atoms with Crippen LogP contribution in [-0.4, -0.2) is 39.1 Å². The minimum absolute atomic E-state index is 0.0161. The first kappa shape index (κ1) is 27.1. The Bertz CT molecular complexity index is 1340. The molecule has 0 heterocycles. The molecule has 37 heavy (non-hydrogen) atoms. The maximum atomic E-state index is 12.5. The van der Waals surface area contributed by atoms with Crippen molar-refractivity contribution in [2.24, 2.45) is 0 Å². The number of para-hydroxylation sites is 1. The van der Waals surface area contributed by atoms with Gasteiger partial charge in [-0.3, -0.25) is 14.9 Å². The lowest BCUT2D eigenvalue weighted by atomic mass is 10.1. The van der Waals surface area contributed by atoms with Gasteiger partial charge in [0.2, 0.25) is 5.75 Å². The lowest BCUT2D eigenvalue weighted by Gasteiger charge is -2.13. The molecule has 3 aromatic carbocycles. The quantitative estimate of drug-likeness (QED) is 0.103. The number of benzene rings is 3. The van der Waals surface area contributed by atoms with E-state index < -0.39 is 10.7 Å². The van der Waals surface area contributed by atoms with Crippen molar-refractivity contribution >= 4 is 40.9 Å². The highest BCUT2D eigenvalue weighted by molar-refractivity contribution is 6.32. The van der Waals surface area contributed by atoms with Crippen LogP contribution in [0.4, 0.5) is 11.4 Å². The molecule has 0 aliphatic carbocycles. The Morgan fingerprint density at radius 2 is 1.49 bits per heavy atom. The van der Waals surface area contributed by atoms with Crippen LogP contribution in [0.1, 0.15) is 21.5 Å². The molecule has 0 bridgehead atoms. The molecule has 3 aromatic rings. The molecular weight excluding hydrogens is 500 g/mol. The molecule has 1 N–H and O–H groups in total. The fourth-order valence-electron chi connectivity index (χ4n) is 3.55. The van der Waals surface area contributed by atoms with E-state index in [9.17, 15) is 14.9 Å². The Morgan fingerprint density at radius 3 is 2.05 bits per heavy atom. The summed E-state index contributed by atoms with van der Waals surface area (Å²) in [6.07, 6.45) is 6.26. The van der Waals surface area contributed by atoms with E-state index in [0.717, 1.165) is 11.1 Å². The van der Waals surface area contributed by atoms with Crippen molar-refractivity contribution in [2.75, 3.05) is 33.8 Å². The zero-order valence-electron chi connectivity index (χ0n) is 20.6. The minimum Gasteiger partial charge on any atom is -0.493 e. The average molecular weight is 525 g/mol. The number of rotatable bonds is 11. The molecule has 0 atom stereocenters. The summed E-state index contributed by atoms with van der Waals surface area (Å²) >= 11 is 6.42. The second-order valence-corrected chi connectivity index (χ2v) is 7.90. The summed E-state index contributed by atoms with van der Waals surface area (Å²) in [6.45, 7) is 0. The summed E-state index contributed by atoms with van der Waals surface area (Å²) in [4.78, 5) is 23.1. The van der Waals surface area contributed by atoms with E-state index in [0.29, 0.717) is 33.7 Å².